The van der Waals surface area contributed by atoms with Gasteiger partial charge in [0.25, 0.3) is 0 Å². The minimum absolute atomic E-state index is 0.290. The zero-order chi connectivity index (χ0) is 21.9. The molecule has 6 nitrogen and oxygen atoms in total. The van der Waals surface area contributed by atoms with Crippen molar-refractivity contribution in [2.24, 2.45) is 0 Å². The van der Waals surface area contributed by atoms with Gasteiger partial charge in [0.15, 0.2) is 9.84 Å². The highest BCUT2D eigenvalue weighted by Gasteiger charge is 2.26. The molecule has 1 aromatic carbocycles. The van der Waals surface area contributed by atoms with Gasteiger partial charge in [-0.1, -0.05) is 17.7 Å². The molecule has 0 aliphatic carbocycles. The molecule has 1 aliphatic heterocycles. The quantitative estimate of drug-likeness (QED) is 0.728. The summed E-state index contributed by atoms with van der Waals surface area (Å²) in [5.74, 6) is 0. The number of pyridine rings is 1. The Morgan fingerprint density at radius 1 is 1.03 bits per heavy atom. The van der Waals surface area contributed by atoms with Gasteiger partial charge in [-0.3, -0.25) is 4.98 Å². The van der Waals surface area contributed by atoms with E-state index in [-0.39, 0.29) is 6.09 Å². The van der Waals surface area contributed by atoms with Gasteiger partial charge in [-0.25, -0.2) is 13.2 Å². The molecule has 160 valence electrons. The Hall–Kier alpha value is -2.67. The summed E-state index contributed by atoms with van der Waals surface area (Å²) in [6, 6.07) is 10.9. The molecule has 0 unspecified atom stereocenters. The Morgan fingerprint density at radius 2 is 1.67 bits per heavy atom. The lowest BCUT2D eigenvalue weighted by atomic mass is 9.89. The smallest absolute Gasteiger partial charge is 0.410 e. The third-order valence-electron chi connectivity index (χ3n) is 4.89. The standard InChI is InChI=1S/C23H28N2O4S/c1-23(2,3)29-22(26)25-14-10-18(11-15-25)21(17-8-12-24-13-9-17)19-6-5-7-20(16-19)30(4,27)28/h5-9,12-13,16H,10-11,14-15H2,1-4H3. The molecule has 1 amide bonds. The highest BCUT2D eigenvalue weighted by Crippen LogP contribution is 2.33. The van der Waals surface area contributed by atoms with Gasteiger partial charge < -0.3 is 9.64 Å². The zero-order valence-corrected chi connectivity index (χ0v) is 18.7. The van der Waals surface area contributed by atoms with Gasteiger partial charge in [0.05, 0.1) is 4.90 Å². The first-order chi connectivity index (χ1) is 14.0. The SMILES string of the molecule is CC(C)(C)OC(=O)N1CCC(=C(c2ccncc2)c2cccc(S(C)(=O)=O)c2)CC1. The topological polar surface area (TPSA) is 76.6 Å². The van der Waals surface area contributed by atoms with E-state index in [9.17, 15) is 13.2 Å². The number of hydrogen-bond donors (Lipinski definition) is 0. The number of nitrogens with zero attached hydrogens (tertiary/aromatic N) is 2. The second-order valence-corrected chi connectivity index (χ2v) is 10.5. The van der Waals surface area contributed by atoms with Crippen LogP contribution in [-0.4, -0.2) is 49.3 Å². The normalized spacial score (nSPS) is 15.1. The van der Waals surface area contributed by atoms with E-state index in [0.29, 0.717) is 30.8 Å². The van der Waals surface area contributed by atoms with E-state index in [1.807, 2.05) is 39.0 Å². The van der Waals surface area contributed by atoms with E-state index in [2.05, 4.69) is 4.98 Å². The molecule has 1 aliphatic rings. The van der Waals surface area contributed by atoms with E-state index >= 15 is 0 Å². The molecule has 2 heterocycles. The molecule has 7 heteroatoms. The molecule has 1 saturated heterocycles. The molecule has 0 bridgehead atoms. The first-order valence-corrected chi connectivity index (χ1v) is 11.8. The van der Waals surface area contributed by atoms with Crippen molar-refractivity contribution in [1.82, 2.24) is 9.88 Å². The number of carbonyl (C=O) groups is 1. The zero-order valence-electron chi connectivity index (χ0n) is 17.9. The number of amides is 1. The first kappa shape index (κ1) is 22.0. The molecule has 0 atom stereocenters. The summed E-state index contributed by atoms with van der Waals surface area (Å²) in [6.45, 7) is 6.69. The van der Waals surface area contributed by atoms with Crippen LogP contribution in [0.4, 0.5) is 4.79 Å². The lowest BCUT2D eigenvalue weighted by Crippen LogP contribution is -2.40. The van der Waals surface area contributed by atoms with Crippen LogP contribution in [0.5, 0.6) is 0 Å². The fourth-order valence-electron chi connectivity index (χ4n) is 3.51. The van der Waals surface area contributed by atoms with Crippen LogP contribution in [0, 0.1) is 0 Å². The van der Waals surface area contributed by atoms with Crippen LogP contribution in [0.2, 0.25) is 0 Å². The summed E-state index contributed by atoms with van der Waals surface area (Å²) >= 11 is 0. The second kappa shape index (κ2) is 8.60. The van der Waals surface area contributed by atoms with Crippen LogP contribution in [0.15, 0.2) is 59.3 Å². The number of sulfone groups is 1. The van der Waals surface area contributed by atoms with E-state index < -0.39 is 15.4 Å². The van der Waals surface area contributed by atoms with Crippen LogP contribution in [-0.2, 0) is 14.6 Å². The van der Waals surface area contributed by atoms with Crippen molar-refractivity contribution < 1.29 is 17.9 Å². The number of likely N-dealkylation sites (tertiary alicyclic amines) is 1. The van der Waals surface area contributed by atoms with Crippen molar-refractivity contribution in [2.45, 2.75) is 44.1 Å². The number of aromatic nitrogens is 1. The summed E-state index contributed by atoms with van der Waals surface area (Å²) in [6.07, 6.45) is 5.76. The third kappa shape index (κ3) is 5.48. The summed E-state index contributed by atoms with van der Waals surface area (Å²) in [5.41, 5.74) is 3.50. The van der Waals surface area contributed by atoms with Crippen LogP contribution in [0.3, 0.4) is 0 Å². The van der Waals surface area contributed by atoms with E-state index in [4.69, 9.17) is 4.74 Å². The number of piperidine rings is 1. The molecule has 0 saturated carbocycles. The minimum Gasteiger partial charge on any atom is -0.444 e. The maximum Gasteiger partial charge on any atom is 0.410 e. The molecule has 3 rings (SSSR count). The predicted octanol–water partition coefficient (Wildman–Crippen LogP) is 4.32. The summed E-state index contributed by atoms with van der Waals surface area (Å²) in [4.78, 5) is 18.5. The van der Waals surface area contributed by atoms with Gasteiger partial charge in [-0.2, -0.15) is 0 Å². The molecular formula is C23H28N2O4S. The number of carbonyl (C=O) groups excluding carboxylic acids is 1. The highest BCUT2D eigenvalue weighted by atomic mass is 32.2. The summed E-state index contributed by atoms with van der Waals surface area (Å²) in [7, 11) is -3.31. The van der Waals surface area contributed by atoms with Gasteiger partial charge in [-0.15, -0.1) is 0 Å². The van der Waals surface area contributed by atoms with Gasteiger partial charge in [0, 0.05) is 31.7 Å². The molecular weight excluding hydrogens is 400 g/mol. The number of rotatable bonds is 3. The molecule has 30 heavy (non-hydrogen) atoms. The van der Waals surface area contributed by atoms with Gasteiger partial charge >= 0.3 is 6.09 Å². The molecule has 0 radical (unpaired) electrons. The largest absolute Gasteiger partial charge is 0.444 e. The Balaban J connectivity index is 1.96. The summed E-state index contributed by atoms with van der Waals surface area (Å²) in [5, 5.41) is 0. The van der Waals surface area contributed by atoms with Crippen LogP contribution in [0.1, 0.15) is 44.7 Å². The average molecular weight is 429 g/mol. The van der Waals surface area contributed by atoms with Crippen molar-refractivity contribution in [3.63, 3.8) is 0 Å². The van der Waals surface area contributed by atoms with Gasteiger partial charge in [0.1, 0.15) is 5.60 Å². The van der Waals surface area contributed by atoms with Crippen LogP contribution >= 0.6 is 0 Å². The Bertz CT molecular complexity index is 1040. The summed E-state index contributed by atoms with van der Waals surface area (Å²) < 4.78 is 29.6. The molecule has 1 fully saturated rings. The number of ether oxygens (including phenoxy) is 1. The molecule has 0 spiro atoms. The highest BCUT2D eigenvalue weighted by molar-refractivity contribution is 7.90. The molecule has 2 aromatic rings. The first-order valence-electron chi connectivity index (χ1n) is 9.95. The molecule has 1 aromatic heterocycles. The fourth-order valence-corrected chi connectivity index (χ4v) is 4.18. The average Bonchev–Trinajstić information content (AvgIpc) is 2.68. The van der Waals surface area contributed by atoms with Crippen molar-refractivity contribution >= 4 is 21.5 Å². The van der Waals surface area contributed by atoms with Gasteiger partial charge in [0.2, 0.25) is 0 Å². The maximum absolute atomic E-state index is 12.4. The second-order valence-electron chi connectivity index (χ2n) is 8.48. The monoisotopic (exact) mass is 428 g/mol. The van der Waals surface area contributed by atoms with Crippen molar-refractivity contribution in [1.29, 1.82) is 0 Å². The van der Waals surface area contributed by atoms with Crippen LogP contribution in [0.25, 0.3) is 5.57 Å². The van der Waals surface area contributed by atoms with E-state index in [1.54, 1.807) is 35.5 Å². The van der Waals surface area contributed by atoms with Crippen LogP contribution < -0.4 is 0 Å². The minimum atomic E-state index is -3.31. The lowest BCUT2D eigenvalue weighted by molar-refractivity contribution is 0.0236. The maximum atomic E-state index is 12.4. The molecule has 0 N–H and O–H groups in total. The van der Waals surface area contributed by atoms with Gasteiger partial charge in [-0.05, 0) is 74.6 Å². The lowest BCUT2D eigenvalue weighted by Gasteiger charge is -2.32. The van der Waals surface area contributed by atoms with E-state index in [1.165, 1.54) is 11.8 Å². The number of benzene rings is 1. The van der Waals surface area contributed by atoms with Crippen molar-refractivity contribution in [2.75, 3.05) is 19.3 Å². The fraction of sp³-hybridized carbons (Fsp3) is 0.391. The Kier molecular flexibility index (Phi) is 6.31. The Morgan fingerprint density at radius 3 is 2.23 bits per heavy atom. The Labute approximate surface area is 178 Å². The number of hydrogen-bond acceptors (Lipinski definition) is 5. The predicted molar refractivity (Wildman–Crippen MR) is 117 cm³/mol. The third-order valence-corrected chi connectivity index (χ3v) is 6.00. The van der Waals surface area contributed by atoms with Crippen molar-refractivity contribution in [3.8, 4) is 0 Å². The van der Waals surface area contributed by atoms with E-state index in [0.717, 1.165) is 16.7 Å². The van der Waals surface area contributed by atoms with Crippen molar-refractivity contribution in [3.05, 3.63) is 65.5 Å².